The first-order valence-corrected chi connectivity index (χ1v) is 24.0. The summed E-state index contributed by atoms with van der Waals surface area (Å²) in [6.45, 7) is -2.60. The molecule has 4 N–H and O–H groups in total. The average Bonchev–Trinajstić information content (AvgIpc) is 3.99. The van der Waals surface area contributed by atoms with Crippen LogP contribution in [0.1, 0.15) is 56.5 Å². The number of nitrogen functional groups attached to an aromatic ring is 1. The fraction of sp³-hybridized carbons (Fsp3) is 0.514. The van der Waals surface area contributed by atoms with E-state index >= 15 is 13.3 Å². The Bertz CT molecular complexity index is 2550. The predicted octanol–water partition coefficient (Wildman–Crippen LogP) is 4.81. The third-order valence-electron chi connectivity index (χ3n) is 10.1. The van der Waals surface area contributed by atoms with Crippen LogP contribution in [0.2, 0.25) is 0 Å². The maximum Gasteiger partial charge on any atom is 0.390 e. The van der Waals surface area contributed by atoms with Crippen LogP contribution in [0.4, 0.5) is 14.6 Å². The minimum absolute atomic E-state index is 0.0195. The molecule has 61 heavy (non-hydrogen) atoms. The first-order chi connectivity index (χ1) is 29.2. The van der Waals surface area contributed by atoms with Gasteiger partial charge in [0.2, 0.25) is 0 Å². The Morgan fingerprint density at radius 2 is 1.69 bits per heavy atom. The summed E-state index contributed by atoms with van der Waals surface area (Å²) in [5, 5.41) is 0. The highest BCUT2D eigenvalue weighted by atomic mass is 32.7. The van der Waals surface area contributed by atoms with Crippen LogP contribution in [0.25, 0.3) is 22.3 Å². The van der Waals surface area contributed by atoms with E-state index in [9.17, 15) is 19.0 Å². The standard InChI is InChI=1S/C35H41F2N9O12P2S/c1-3-4-5-6-23(47)55-20-9-7-19(8-10-20)13-61-60(51)54-12-22-28(25(37)34(57-22)45-15-41-26-30(38)39-14-40-31(26)45)52-17-59(49,50)53-11-21-24(36)29(58-60)35(56-21)46-16-42-27-32(46)43-18(2)44-33(27)48/h7-10,14-16,21-22,24-25,28-29,34-35H,3-6,11-13,17H2,1-2H3,(H,49,50)(H2,38,39,40)(H,43,44,48)/t21-,22-,24-,25-,28-,29-,34-,35-,60?/m1/s1. The fourth-order valence-corrected chi connectivity index (χ4v) is 11.2. The Kier molecular flexibility index (Phi) is 12.7. The lowest BCUT2D eigenvalue weighted by atomic mass is 10.1. The first-order valence-electron chi connectivity index (χ1n) is 19.1. The molecule has 2 bridgehead atoms. The molecule has 1 aromatic carbocycles. The molecule has 0 aliphatic carbocycles. The molecule has 0 amide bonds. The van der Waals surface area contributed by atoms with Crippen molar-refractivity contribution < 1.29 is 60.1 Å². The Labute approximate surface area is 348 Å². The molecule has 0 spiro atoms. The van der Waals surface area contributed by atoms with Gasteiger partial charge in [-0.3, -0.25) is 32.3 Å². The van der Waals surface area contributed by atoms with Crippen LogP contribution in [0.3, 0.4) is 0 Å². The summed E-state index contributed by atoms with van der Waals surface area (Å²) >= 11 is 0.664. The fourth-order valence-electron chi connectivity index (χ4n) is 7.02. The molecule has 3 aliphatic rings. The molecular formula is C35H41F2N9O12P2S. The predicted molar refractivity (Wildman–Crippen MR) is 212 cm³/mol. The van der Waals surface area contributed by atoms with Crippen molar-refractivity contribution in [3.05, 3.63) is 65.0 Å². The molecule has 8 rings (SSSR count). The lowest BCUT2D eigenvalue weighted by molar-refractivity contribution is -0.134. The number of unbranched alkanes of at least 4 members (excludes halogenated alkanes) is 2. The van der Waals surface area contributed by atoms with Crippen molar-refractivity contribution in [1.82, 2.24) is 39.0 Å². The molecule has 2 unspecified atom stereocenters. The Morgan fingerprint density at radius 3 is 2.46 bits per heavy atom. The van der Waals surface area contributed by atoms with Gasteiger partial charge in [-0.05, 0) is 42.4 Å². The van der Waals surface area contributed by atoms with Crippen molar-refractivity contribution in [2.75, 3.05) is 25.3 Å². The smallest absolute Gasteiger partial charge is 0.390 e. The lowest BCUT2D eigenvalue weighted by Gasteiger charge is -2.28. The SMILES string of the molecule is CCCCCC(=O)Oc1ccc(CSP2(=O)OC[C@H]3O[C@@H](n4cnc5c(N)ncnc54)[C@H](F)[C@@H]3OCP(=O)(O)OC[C@H]3O[C@@H](n4cnc5c(=O)[nH]c(C)nc54)[C@H](O2)[C@@H]3F)cc1. The minimum atomic E-state index is -4.74. The zero-order valence-electron chi connectivity index (χ0n) is 32.5. The summed E-state index contributed by atoms with van der Waals surface area (Å²) in [5.74, 6) is 0.0848. The zero-order chi connectivity index (χ0) is 43.1. The number of aromatic amines is 1. The molecule has 26 heteroatoms. The van der Waals surface area contributed by atoms with Gasteiger partial charge in [-0.1, -0.05) is 31.9 Å². The van der Waals surface area contributed by atoms with Crippen molar-refractivity contribution in [1.29, 1.82) is 0 Å². The van der Waals surface area contributed by atoms with Gasteiger partial charge in [0.05, 0.1) is 25.9 Å². The molecule has 3 fully saturated rings. The van der Waals surface area contributed by atoms with Crippen LogP contribution in [0.15, 0.2) is 48.0 Å². The van der Waals surface area contributed by atoms with Gasteiger partial charge in [-0.25, -0.2) is 38.3 Å². The molecule has 3 saturated heterocycles. The van der Waals surface area contributed by atoms with E-state index < -0.39 is 88.7 Å². The number of nitrogens with one attached hydrogen (secondary N) is 1. The van der Waals surface area contributed by atoms with Crippen molar-refractivity contribution in [2.24, 2.45) is 0 Å². The summed E-state index contributed by atoms with van der Waals surface area (Å²) < 4.78 is 104. The summed E-state index contributed by atoms with van der Waals surface area (Å²) in [6.07, 6.45) is -8.44. The van der Waals surface area contributed by atoms with Gasteiger partial charge < -0.3 is 39.1 Å². The maximum absolute atomic E-state index is 16.7. The van der Waals surface area contributed by atoms with E-state index in [4.69, 9.17) is 38.3 Å². The van der Waals surface area contributed by atoms with Crippen LogP contribution in [0.5, 0.6) is 5.75 Å². The quantitative estimate of drug-likeness (QED) is 0.0734. The topological polar surface area (TPSA) is 269 Å². The van der Waals surface area contributed by atoms with Gasteiger partial charge in [0.1, 0.15) is 54.2 Å². The number of aromatic nitrogens is 8. The highest BCUT2D eigenvalue weighted by Crippen LogP contribution is 2.65. The first kappa shape index (κ1) is 43.4. The molecule has 5 aromatic rings. The second-order valence-corrected chi connectivity index (χ2v) is 20.3. The molecule has 328 valence electrons. The van der Waals surface area contributed by atoms with Crippen LogP contribution in [-0.2, 0) is 47.5 Å². The normalized spacial score (nSPS) is 31.0. The number of halogens is 2. The van der Waals surface area contributed by atoms with Gasteiger partial charge >= 0.3 is 20.4 Å². The Balaban J connectivity index is 1.11. The number of imidazole rings is 2. The number of ether oxygens (including phenoxy) is 4. The van der Waals surface area contributed by atoms with E-state index in [0.29, 0.717) is 29.1 Å². The third-order valence-corrected chi connectivity index (χ3v) is 14.7. The zero-order valence-corrected chi connectivity index (χ0v) is 35.1. The van der Waals surface area contributed by atoms with Crippen LogP contribution in [0, 0.1) is 6.92 Å². The second kappa shape index (κ2) is 17.9. The van der Waals surface area contributed by atoms with E-state index in [1.54, 1.807) is 24.3 Å². The molecule has 0 saturated carbocycles. The number of aryl methyl sites for hydroxylation is 1. The summed E-state index contributed by atoms with van der Waals surface area (Å²) in [6, 6.07) is 6.40. The Morgan fingerprint density at radius 1 is 0.967 bits per heavy atom. The second-order valence-electron chi connectivity index (χ2n) is 14.4. The number of nitrogens with two attached hydrogens (primary N) is 1. The highest BCUT2D eigenvalue weighted by Gasteiger charge is 2.54. The minimum Gasteiger partial charge on any atom is -0.427 e. The van der Waals surface area contributed by atoms with E-state index in [1.807, 2.05) is 6.92 Å². The third kappa shape index (κ3) is 9.29. The van der Waals surface area contributed by atoms with E-state index in [1.165, 1.54) is 22.4 Å². The lowest BCUT2D eigenvalue weighted by Crippen LogP contribution is -2.36. The number of nitrogens with zero attached hydrogens (tertiary/aromatic N) is 7. The Hall–Kier alpha value is -4.22. The summed E-state index contributed by atoms with van der Waals surface area (Å²) in [4.78, 5) is 59.0. The molecular weight excluding hydrogens is 870 g/mol. The van der Waals surface area contributed by atoms with Gasteiger partial charge in [-0.15, -0.1) is 0 Å². The monoisotopic (exact) mass is 911 g/mol. The number of rotatable bonds is 10. The number of hydrogen-bond donors (Lipinski definition) is 3. The number of alkyl halides is 2. The number of H-pyrrole nitrogens is 1. The largest absolute Gasteiger partial charge is 0.427 e. The number of esters is 1. The van der Waals surface area contributed by atoms with Crippen LogP contribution >= 0.6 is 25.8 Å². The molecule has 21 nitrogen and oxygen atoms in total. The van der Waals surface area contributed by atoms with Crippen LogP contribution < -0.4 is 16.0 Å². The van der Waals surface area contributed by atoms with Crippen molar-refractivity contribution in [3.63, 3.8) is 0 Å². The maximum atomic E-state index is 16.7. The summed E-state index contributed by atoms with van der Waals surface area (Å²) in [7, 11) is -4.74. The van der Waals surface area contributed by atoms with Crippen molar-refractivity contribution in [3.8, 4) is 5.75 Å². The molecule has 3 aliphatic heterocycles. The van der Waals surface area contributed by atoms with Gasteiger partial charge in [0, 0.05) is 12.2 Å². The number of hydrogen-bond acceptors (Lipinski definition) is 18. The van der Waals surface area contributed by atoms with Crippen molar-refractivity contribution in [2.45, 2.75) is 94.5 Å². The van der Waals surface area contributed by atoms with Gasteiger partial charge in [0.15, 0.2) is 47.4 Å². The summed E-state index contributed by atoms with van der Waals surface area (Å²) in [5.41, 5.74) is 6.05. The number of carbonyl (C=O) groups excluding carboxylic acids is 1. The van der Waals surface area contributed by atoms with E-state index in [0.717, 1.165) is 25.5 Å². The molecule has 4 aromatic heterocycles. The van der Waals surface area contributed by atoms with Gasteiger partial charge in [0.25, 0.3) is 5.56 Å². The number of fused-ring (bicyclic) bond motifs is 5. The van der Waals surface area contributed by atoms with E-state index in [-0.39, 0.29) is 52.1 Å². The van der Waals surface area contributed by atoms with Crippen LogP contribution in [-0.4, -0.2) is 106 Å². The number of benzene rings is 1. The number of carbonyl (C=O) groups is 1. The van der Waals surface area contributed by atoms with E-state index in [2.05, 4.69) is 29.9 Å². The highest BCUT2D eigenvalue weighted by molar-refractivity contribution is 8.54. The van der Waals surface area contributed by atoms with Crippen molar-refractivity contribution >= 4 is 59.9 Å². The number of anilines is 1. The molecule has 10 atom stereocenters. The molecule has 7 heterocycles. The molecule has 0 radical (unpaired) electrons. The van der Waals surface area contributed by atoms with Gasteiger partial charge in [-0.2, -0.15) is 0 Å². The average molecular weight is 912 g/mol.